The van der Waals surface area contributed by atoms with E-state index in [4.69, 9.17) is 0 Å². The smallest absolute Gasteiger partial charge is 0.269 e. The molecule has 0 radical (unpaired) electrons. The minimum atomic E-state index is -3.81. The summed E-state index contributed by atoms with van der Waals surface area (Å²) in [5, 5.41) is 14.8. The van der Waals surface area contributed by atoms with Crippen molar-refractivity contribution in [2.45, 2.75) is 14.0 Å². The fourth-order valence-electron chi connectivity index (χ4n) is 2.48. The minimum Gasteiger partial charge on any atom is -0.307 e. The van der Waals surface area contributed by atoms with Crippen LogP contribution in [0.4, 0.5) is 16.0 Å². The van der Waals surface area contributed by atoms with Gasteiger partial charge in [0.2, 0.25) is 9.84 Å². The van der Waals surface area contributed by atoms with Crippen LogP contribution in [-0.4, -0.2) is 29.6 Å². The summed E-state index contributed by atoms with van der Waals surface area (Å²) in [6.45, 7) is 0. The molecule has 29 heavy (non-hydrogen) atoms. The van der Waals surface area contributed by atoms with E-state index < -0.39 is 14.8 Å². The Morgan fingerprint density at radius 1 is 1.10 bits per heavy atom. The fourth-order valence-corrected chi connectivity index (χ4v) is 6.40. The van der Waals surface area contributed by atoms with E-state index in [2.05, 4.69) is 21.4 Å². The van der Waals surface area contributed by atoms with Crippen molar-refractivity contribution >= 4 is 70.4 Å². The lowest BCUT2D eigenvalue weighted by atomic mass is 10.3. The second kappa shape index (κ2) is 7.71. The molecule has 148 valence electrons. The molecule has 0 aliphatic heterocycles. The van der Waals surface area contributed by atoms with Gasteiger partial charge < -0.3 is 5.32 Å². The molecule has 0 fully saturated rings. The van der Waals surface area contributed by atoms with E-state index in [1.54, 1.807) is 11.8 Å². The number of hydrogen-bond donors (Lipinski definition) is 1. The Labute approximate surface area is 177 Å². The molecule has 0 unspecified atom stereocenters. The van der Waals surface area contributed by atoms with Gasteiger partial charge in [0.05, 0.1) is 26.2 Å². The molecule has 2 aromatic carbocycles. The van der Waals surface area contributed by atoms with Crippen LogP contribution in [0.1, 0.15) is 0 Å². The average molecular weight is 465 g/mol. The average Bonchev–Trinajstić information content (AvgIpc) is 3.34. The molecule has 0 aliphatic rings. The molecule has 0 aliphatic carbocycles. The van der Waals surface area contributed by atoms with Crippen LogP contribution in [0.25, 0.3) is 10.2 Å². The lowest BCUT2D eigenvalue weighted by Crippen LogP contribution is -1.99. The second-order valence-electron chi connectivity index (χ2n) is 5.72. The van der Waals surface area contributed by atoms with Crippen molar-refractivity contribution in [3.05, 3.63) is 58.8 Å². The summed E-state index contributed by atoms with van der Waals surface area (Å²) in [7, 11) is -3.81. The first-order valence-corrected chi connectivity index (χ1v) is 12.4. The Kier molecular flexibility index (Phi) is 5.25. The van der Waals surface area contributed by atoms with Crippen molar-refractivity contribution in [1.29, 1.82) is 0 Å². The van der Waals surface area contributed by atoms with Crippen LogP contribution in [0, 0.1) is 10.1 Å². The maximum atomic E-state index is 12.7. The predicted molar refractivity (Wildman–Crippen MR) is 115 cm³/mol. The molecule has 0 saturated heterocycles. The third kappa shape index (κ3) is 3.96. The highest BCUT2D eigenvalue weighted by atomic mass is 32.2. The molecule has 2 heterocycles. The first-order valence-electron chi connectivity index (χ1n) is 8.04. The molecule has 4 rings (SSSR count). The van der Waals surface area contributed by atoms with Crippen LogP contribution in [0.5, 0.6) is 0 Å². The van der Waals surface area contributed by atoms with Gasteiger partial charge in [-0.05, 0) is 36.6 Å². The summed E-state index contributed by atoms with van der Waals surface area (Å²) in [6.07, 6.45) is 3.27. The Hall–Kier alpha value is -2.54. The van der Waals surface area contributed by atoms with Crippen LogP contribution >= 0.6 is 34.4 Å². The third-order valence-electron chi connectivity index (χ3n) is 3.92. The zero-order chi connectivity index (χ0) is 20.6. The summed E-state index contributed by atoms with van der Waals surface area (Å²) in [4.78, 5) is 19.9. The van der Waals surface area contributed by atoms with E-state index in [1.165, 1.54) is 29.7 Å². The Morgan fingerprint density at radius 3 is 2.55 bits per heavy atom. The number of fused-ring (bicyclic) bond motifs is 1. The number of thiazole rings is 2. The second-order valence-corrected chi connectivity index (χ2v) is 10.8. The number of anilines is 2. The lowest BCUT2D eigenvalue weighted by Gasteiger charge is -2.00. The third-order valence-corrected chi connectivity index (χ3v) is 8.72. The van der Waals surface area contributed by atoms with Gasteiger partial charge in [0.15, 0.2) is 10.3 Å². The Bertz CT molecular complexity index is 1310. The van der Waals surface area contributed by atoms with E-state index in [1.807, 2.05) is 18.4 Å². The maximum absolute atomic E-state index is 12.7. The van der Waals surface area contributed by atoms with Crippen LogP contribution in [0.15, 0.2) is 62.7 Å². The standard InChI is InChI=1S/C17H12N4O4S4/c1-26-11-4-7-13-14(8-11)27-17(19-13)20-16-18-9-15(28-16)29(24,25)12-5-2-10(3-6-12)21(22)23/h2-9H,1H3,(H,18,19,20). The number of aromatic nitrogens is 2. The summed E-state index contributed by atoms with van der Waals surface area (Å²) in [5.41, 5.74) is 0.682. The van der Waals surface area contributed by atoms with E-state index in [0.717, 1.165) is 38.6 Å². The zero-order valence-corrected chi connectivity index (χ0v) is 18.0. The van der Waals surface area contributed by atoms with Crippen molar-refractivity contribution in [2.75, 3.05) is 11.6 Å². The van der Waals surface area contributed by atoms with Gasteiger partial charge in [-0.25, -0.2) is 18.4 Å². The highest BCUT2D eigenvalue weighted by molar-refractivity contribution is 7.98. The van der Waals surface area contributed by atoms with Crippen LogP contribution in [-0.2, 0) is 9.84 Å². The van der Waals surface area contributed by atoms with Crippen molar-refractivity contribution in [3.8, 4) is 0 Å². The summed E-state index contributed by atoms with van der Waals surface area (Å²) < 4.78 is 26.6. The molecular formula is C17H12N4O4S4. The highest BCUT2D eigenvalue weighted by Crippen LogP contribution is 2.34. The molecular weight excluding hydrogens is 452 g/mol. The summed E-state index contributed by atoms with van der Waals surface area (Å²) >= 11 is 4.08. The number of benzene rings is 2. The molecule has 0 bridgehead atoms. The van der Waals surface area contributed by atoms with E-state index in [0.29, 0.717) is 10.3 Å². The van der Waals surface area contributed by atoms with Gasteiger partial charge in [-0.2, -0.15) is 0 Å². The fraction of sp³-hybridized carbons (Fsp3) is 0.0588. The molecule has 4 aromatic rings. The van der Waals surface area contributed by atoms with E-state index >= 15 is 0 Å². The molecule has 0 saturated carbocycles. The van der Waals surface area contributed by atoms with Gasteiger partial charge in [0.25, 0.3) is 5.69 Å². The summed E-state index contributed by atoms with van der Waals surface area (Å²) in [5.74, 6) is 0. The summed E-state index contributed by atoms with van der Waals surface area (Å²) in [6, 6.07) is 10.8. The van der Waals surface area contributed by atoms with Crippen molar-refractivity contribution < 1.29 is 13.3 Å². The Balaban J connectivity index is 1.58. The number of rotatable bonds is 6. The topological polar surface area (TPSA) is 115 Å². The molecule has 8 nitrogen and oxygen atoms in total. The number of sulfone groups is 1. The number of non-ortho nitro benzene ring substituents is 1. The number of nitro groups is 1. The van der Waals surface area contributed by atoms with Gasteiger partial charge in [0.1, 0.15) is 4.21 Å². The monoisotopic (exact) mass is 464 g/mol. The molecule has 12 heteroatoms. The molecule has 1 N–H and O–H groups in total. The molecule has 0 atom stereocenters. The van der Waals surface area contributed by atoms with E-state index in [9.17, 15) is 18.5 Å². The van der Waals surface area contributed by atoms with Crippen LogP contribution in [0.2, 0.25) is 0 Å². The first-order chi connectivity index (χ1) is 13.9. The SMILES string of the molecule is CSc1ccc2nc(Nc3ncc(S(=O)(=O)c4ccc([N+](=O)[O-])cc4)s3)sc2c1. The van der Waals surface area contributed by atoms with Crippen LogP contribution in [0.3, 0.4) is 0 Å². The zero-order valence-electron chi connectivity index (χ0n) is 14.7. The van der Waals surface area contributed by atoms with Crippen molar-refractivity contribution in [1.82, 2.24) is 9.97 Å². The Morgan fingerprint density at radius 2 is 1.86 bits per heavy atom. The minimum absolute atomic E-state index is 0.0251. The van der Waals surface area contributed by atoms with Crippen LogP contribution < -0.4 is 5.32 Å². The number of nitro benzene ring substituents is 1. The first kappa shape index (κ1) is 19.8. The van der Waals surface area contributed by atoms with Crippen molar-refractivity contribution in [3.63, 3.8) is 0 Å². The van der Waals surface area contributed by atoms with Gasteiger partial charge in [0, 0.05) is 17.0 Å². The molecule has 2 aromatic heterocycles. The van der Waals surface area contributed by atoms with Gasteiger partial charge in [-0.15, -0.1) is 11.8 Å². The number of thioether (sulfide) groups is 1. The van der Waals surface area contributed by atoms with Gasteiger partial charge >= 0.3 is 0 Å². The van der Waals surface area contributed by atoms with Gasteiger partial charge in [-0.1, -0.05) is 22.7 Å². The number of nitrogens with zero attached hydrogens (tertiary/aromatic N) is 3. The van der Waals surface area contributed by atoms with Gasteiger partial charge in [-0.3, -0.25) is 10.1 Å². The predicted octanol–water partition coefficient (Wildman–Crippen LogP) is 4.96. The number of nitrogens with one attached hydrogen (secondary N) is 1. The molecule has 0 amide bonds. The lowest BCUT2D eigenvalue weighted by molar-refractivity contribution is -0.384. The maximum Gasteiger partial charge on any atom is 0.269 e. The van der Waals surface area contributed by atoms with Crippen molar-refractivity contribution in [2.24, 2.45) is 0 Å². The highest BCUT2D eigenvalue weighted by Gasteiger charge is 2.22. The normalized spacial score (nSPS) is 11.6. The van der Waals surface area contributed by atoms with E-state index in [-0.39, 0.29) is 14.8 Å². The number of hydrogen-bond acceptors (Lipinski definition) is 10. The molecule has 0 spiro atoms. The quantitative estimate of drug-likeness (QED) is 0.242. The largest absolute Gasteiger partial charge is 0.307 e.